The predicted octanol–water partition coefficient (Wildman–Crippen LogP) is 1.02. The summed E-state index contributed by atoms with van der Waals surface area (Å²) in [6.45, 7) is 2.95. The molecule has 20 heavy (non-hydrogen) atoms. The number of nitrogens with zero attached hydrogens (tertiary/aromatic N) is 1. The fraction of sp³-hybridized carbons (Fsp3) is 0.417. The Morgan fingerprint density at radius 3 is 2.90 bits per heavy atom. The number of sulfonamides is 1. The number of rotatable bonds is 7. The zero-order valence-electron chi connectivity index (χ0n) is 11.4. The number of imidazole rings is 1. The van der Waals surface area contributed by atoms with Crippen LogP contribution in [-0.2, 0) is 23.0 Å². The topological polar surface area (TPSA) is 86.9 Å². The molecule has 0 amide bonds. The molecule has 0 saturated heterocycles. The van der Waals surface area contributed by atoms with Crippen molar-refractivity contribution in [2.24, 2.45) is 0 Å². The second-order valence-corrected chi connectivity index (χ2v) is 7.56. The first-order chi connectivity index (χ1) is 9.53. The van der Waals surface area contributed by atoms with Gasteiger partial charge in [-0.25, -0.2) is 18.1 Å². The number of hydrogen-bond acceptors (Lipinski definition) is 5. The lowest BCUT2D eigenvalue weighted by molar-refractivity contribution is 0.583. The van der Waals surface area contributed by atoms with Crippen LogP contribution >= 0.6 is 11.3 Å². The zero-order chi connectivity index (χ0) is 14.6. The number of aromatic amines is 1. The van der Waals surface area contributed by atoms with Crippen LogP contribution in [0.5, 0.6) is 0 Å². The molecule has 0 fully saturated rings. The van der Waals surface area contributed by atoms with Gasteiger partial charge in [-0.05, 0) is 25.6 Å². The fourth-order valence-corrected chi connectivity index (χ4v) is 4.45. The zero-order valence-corrected chi connectivity index (χ0v) is 13.1. The number of aromatic nitrogens is 2. The Kier molecular flexibility index (Phi) is 4.92. The molecule has 8 heteroatoms. The number of thiophene rings is 1. The summed E-state index contributed by atoms with van der Waals surface area (Å²) in [5, 5.41) is 3.04. The van der Waals surface area contributed by atoms with Crippen molar-refractivity contribution >= 4 is 21.4 Å². The van der Waals surface area contributed by atoms with E-state index in [9.17, 15) is 8.42 Å². The van der Waals surface area contributed by atoms with Gasteiger partial charge in [-0.3, -0.25) is 0 Å². The molecule has 0 spiro atoms. The van der Waals surface area contributed by atoms with Crippen molar-refractivity contribution in [2.45, 2.75) is 24.1 Å². The lowest BCUT2D eigenvalue weighted by Crippen LogP contribution is -2.25. The van der Waals surface area contributed by atoms with Crippen LogP contribution in [0.2, 0.25) is 0 Å². The Balaban J connectivity index is 2.00. The summed E-state index contributed by atoms with van der Waals surface area (Å²) in [5.74, 6) is 0. The lowest BCUT2D eigenvalue weighted by atomic mass is 10.3. The number of nitrogens with one attached hydrogen (secondary N) is 3. The molecular formula is C12H18N4O2S2. The molecule has 0 aliphatic heterocycles. The van der Waals surface area contributed by atoms with E-state index in [1.165, 1.54) is 11.3 Å². The van der Waals surface area contributed by atoms with Gasteiger partial charge in [0, 0.05) is 36.3 Å². The minimum absolute atomic E-state index is 0.350. The van der Waals surface area contributed by atoms with Gasteiger partial charge in [0.25, 0.3) is 0 Å². The second kappa shape index (κ2) is 6.49. The average molecular weight is 314 g/mol. The maximum Gasteiger partial charge on any atom is 0.250 e. The Labute approximate surface area is 122 Å². The van der Waals surface area contributed by atoms with Gasteiger partial charge >= 0.3 is 0 Å². The van der Waals surface area contributed by atoms with E-state index >= 15 is 0 Å². The van der Waals surface area contributed by atoms with Crippen LogP contribution in [0.3, 0.4) is 0 Å². The molecule has 0 saturated carbocycles. The normalized spacial score (nSPS) is 11.9. The third-order valence-electron chi connectivity index (χ3n) is 2.84. The summed E-state index contributed by atoms with van der Waals surface area (Å²) in [6.07, 6.45) is 3.86. The van der Waals surface area contributed by atoms with Gasteiger partial charge in [-0.1, -0.05) is 0 Å². The van der Waals surface area contributed by atoms with Crippen LogP contribution < -0.4 is 10.0 Å². The maximum absolute atomic E-state index is 12.2. The van der Waals surface area contributed by atoms with Crippen LogP contribution in [0, 0.1) is 6.92 Å². The van der Waals surface area contributed by atoms with E-state index in [0.717, 1.165) is 16.1 Å². The SMILES string of the molecule is CNCc1sc(S(=O)(=O)NCCc2cnc[nH]2)cc1C. The van der Waals surface area contributed by atoms with Gasteiger partial charge in [0.1, 0.15) is 4.21 Å². The van der Waals surface area contributed by atoms with E-state index in [0.29, 0.717) is 23.7 Å². The molecule has 6 nitrogen and oxygen atoms in total. The molecule has 2 aromatic heterocycles. The standard InChI is InChI=1S/C12H18N4O2S2/c1-9-5-12(19-11(9)7-13-2)20(17,18)16-4-3-10-6-14-8-15-10/h5-6,8,13,16H,3-4,7H2,1-2H3,(H,14,15). The average Bonchev–Trinajstić information content (AvgIpc) is 3.01. The molecule has 0 unspecified atom stereocenters. The van der Waals surface area contributed by atoms with Crippen molar-refractivity contribution in [3.8, 4) is 0 Å². The summed E-state index contributed by atoms with van der Waals surface area (Å²) < 4.78 is 27.3. The molecule has 0 aliphatic rings. The van der Waals surface area contributed by atoms with Crippen molar-refractivity contribution in [3.05, 3.63) is 34.7 Å². The minimum atomic E-state index is -3.43. The monoisotopic (exact) mass is 314 g/mol. The van der Waals surface area contributed by atoms with Gasteiger partial charge in [0.05, 0.1) is 6.33 Å². The van der Waals surface area contributed by atoms with Crippen molar-refractivity contribution in [1.82, 2.24) is 20.0 Å². The minimum Gasteiger partial charge on any atom is -0.348 e. The molecular weight excluding hydrogens is 296 g/mol. The van der Waals surface area contributed by atoms with E-state index in [1.807, 2.05) is 14.0 Å². The molecule has 3 N–H and O–H groups in total. The lowest BCUT2D eigenvalue weighted by Gasteiger charge is -2.03. The first-order valence-electron chi connectivity index (χ1n) is 6.24. The van der Waals surface area contributed by atoms with Crippen molar-refractivity contribution < 1.29 is 8.42 Å². The molecule has 0 radical (unpaired) electrons. The highest BCUT2D eigenvalue weighted by atomic mass is 32.2. The van der Waals surface area contributed by atoms with E-state index in [-0.39, 0.29) is 0 Å². The first-order valence-corrected chi connectivity index (χ1v) is 8.53. The van der Waals surface area contributed by atoms with E-state index in [4.69, 9.17) is 0 Å². The summed E-state index contributed by atoms with van der Waals surface area (Å²) in [7, 11) is -1.58. The molecule has 2 rings (SSSR count). The summed E-state index contributed by atoms with van der Waals surface area (Å²) in [4.78, 5) is 7.88. The number of aryl methyl sites for hydroxylation is 1. The van der Waals surface area contributed by atoms with E-state index in [2.05, 4.69) is 20.0 Å². The van der Waals surface area contributed by atoms with Crippen LogP contribution in [0.15, 0.2) is 22.8 Å². The Morgan fingerprint density at radius 1 is 1.45 bits per heavy atom. The van der Waals surface area contributed by atoms with Crippen molar-refractivity contribution in [2.75, 3.05) is 13.6 Å². The third-order valence-corrected chi connectivity index (χ3v) is 6.01. The van der Waals surface area contributed by atoms with Crippen molar-refractivity contribution in [3.63, 3.8) is 0 Å². The van der Waals surface area contributed by atoms with E-state index < -0.39 is 10.0 Å². The highest BCUT2D eigenvalue weighted by molar-refractivity contribution is 7.91. The highest BCUT2D eigenvalue weighted by Crippen LogP contribution is 2.25. The Bertz CT molecular complexity index is 647. The number of H-pyrrole nitrogens is 1. The molecule has 0 atom stereocenters. The Morgan fingerprint density at radius 2 is 2.25 bits per heavy atom. The molecule has 0 aromatic carbocycles. The molecule has 110 valence electrons. The third kappa shape index (κ3) is 3.66. The smallest absolute Gasteiger partial charge is 0.250 e. The molecule has 2 aromatic rings. The van der Waals surface area contributed by atoms with Gasteiger partial charge < -0.3 is 10.3 Å². The molecule has 2 heterocycles. The quantitative estimate of drug-likeness (QED) is 0.712. The summed E-state index contributed by atoms with van der Waals surface area (Å²) in [5.41, 5.74) is 1.91. The first kappa shape index (κ1) is 15.2. The predicted molar refractivity (Wildman–Crippen MR) is 79.3 cm³/mol. The van der Waals surface area contributed by atoms with E-state index in [1.54, 1.807) is 18.6 Å². The van der Waals surface area contributed by atoms with Gasteiger partial charge in [0.15, 0.2) is 0 Å². The van der Waals surface area contributed by atoms with Crippen LogP contribution in [0.25, 0.3) is 0 Å². The highest BCUT2D eigenvalue weighted by Gasteiger charge is 2.18. The number of hydrogen-bond donors (Lipinski definition) is 3. The Hall–Kier alpha value is -1.22. The maximum atomic E-state index is 12.2. The van der Waals surface area contributed by atoms with Gasteiger partial charge in [0.2, 0.25) is 10.0 Å². The van der Waals surface area contributed by atoms with Gasteiger partial charge in [-0.2, -0.15) is 0 Å². The van der Waals surface area contributed by atoms with Gasteiger partial charge in [-0.15, -0.1) is 11.3 Å². The van der Waals surface area contributed by atoms with Crippen LogP contribution in [0.4, 0.5) is 0 Å². The second-order valence-electron chi connectivity index (χ2n) is 4.43. The fourth-order valence-electron chi connectivity index (χ4n) is 1.77. The summed E-state index contributed by atoms with van der Waals surface area (Å²) >= 11 is 1.31. The van der Waals surface area contributed by atoms with Crippen LogP contribution in [0.1, 0.15) is 16.1 Å². The van der Waals surface area contributed by atoms with Crippen molar-refractivity contribution in [1.29, 1.82) is 0 Å². The van der Waals surface area contributed by atoms with Crippen LogP contribution in [-0.4, -0.2) is 32.0 Å². The molecule has 0 aliphatic carbocycles. The largest absolute Gasteiger partial charge is 0.348 e. The molecule has 0 bridgehead atoms. The summed E-state index contributed by atoms with van der Waals surface area (Å²) in [6, 6.07) is 1.72.